The van der Waals surface area contributed by atoms with Crippen LogP contribution in [0.1, 0.15) is 17.0 Å². The molecule has 0 aliphatic carbocycles. The van der Waals surface area contributed by atoms with Gasteiger partial charge in [-0.05, 0) is 23.1 Å². The van der Waals surface area contributed by atoms with E-state index in [-0.39, 0.29) is 11.8 Å². The molecule has 5 heteroatoms. The van der Waals surface area contributed by atoms with E-state index in [0.29, 0.717) is 11.3 Å². The molecule has 0 amide bonds. The SMILES string of the molecule is COc1ccc(C2C(C#N)=C(N)Oc3cc(N(C)C)ccc32)c2ccccc12. The fourth-order valence-corrected chi connectivity index (χ4v) is 3.77. The summed E-state index contributed by atoms with van der Waals surface area (Å²) < 4.78 is 11.3. The largest absolute Gasteiger partial charge is 0.496 e. The summed E-state index contributed by atoms with van der Waals surface area (Å²) in [5.41, 5.74) is 9.50. The van der Waals surface area contributed by atoms with Gasteiger partial charge in [-0.1, -0.05) is 36.4 Å². The van der Waals surface area contributed by atoms with Crippen molar-refractivity contribution in [1.82, 2.24) is 0 Å². The van der Waals surface area contributed by atoms with Crippen molar-refractivity contribution >= 4 is 16.5 Å². The number of fused-ring (bicyclic) bond motifs is 2. The minimum Gasteiger partial charge on any atom is -0.496 e. The lowest BCUT2D eigenvalue weighted by Crippen LogP contribution is -2.21. The van der Waals surface area contributed by atoms with E-state index in [2.05, 4.69) is 6.07 Å². The lowest BCUT2D eigenvalue weighted by Gasteiger charge is -2.28. The predicted molar refractivity (Wildman–Crippen MR) is 111 cm³/mol. The summed E-state index contributed by atoms with van der Waals surface area (Å²) in [4.78, 5) is 2.00. The number of ether oxygens (including phenoxy) is 2. The molecule has 1 aliphatic rings. The van der Waals surface area contributed by atoms with Crippen molar-refractivity contribution in [3.8, 4) is 17.6 Å². The van der Waals surface area contributed by atoms with E-state index in [1.165, 1.54) is 0 Å². The second-order valence-electron chi connectivity index (χ2n) is 6.94. The van der Waals surface area contributed by atoms with Gasteiger partial charge < -0.3 is 20.1 Å². The number of hydrogen-bond acceptors (Lipinski definition) is 5. The van der Waals surface area contributed by atoms with Crippen LogP contribution in [0.2, 0.25) is 0 Å². The van der Waals surface area contributed by atoms with Crippen LogP contribution in [0.5, 0.6) is 11.5 Å². The quantitative estimate of drug-likeness (QED) is 0.749. The smallest absolute Gasteiger partial charge is 0.205 e. The molecule has 0 fully saturated rings. The first-order chi connectivity index (χ1) is 13.5. The number of nitriles is 1. The second-order valence-corrected chi connectivity index (χ2v) is 6.94. The van der Waals surface area contributed by atoms with E-state index >= 15 is 0 Å². The van der Waals surface area contributed by atoms with Gasteiger partial charge in [0.25, 0.3) is 0 Å². The van der Waals surface area contributed by atoms with Crippen LogP contribution in [-0.4, -0.2) is 21.2 Å². The minimum absolute atomic E-state index is 0.149. The highest BCUT2D eigenvalue weighted by molar-refractivity contribution is 5.92. The third-order valence-electron chi connectivity index (χ3n) is 5.17. The number of anilines is 1. The molecule has 4 rings (SSSR count). The maximum atomic E-state index is 9.83. The van der Waals surface area contributed by atoms with E-state index in [1.807, 2.05) is 73.6 Å². The van der Waals surface area contributed by atoms with Gasteiger partial charge >= 0.3 is 0 Å². The molecule has 28 heavy (non-hydrogen) atoms. The molecule has 0 aromatic heterocycles. The molecule has 0 spiro atoms. The Bertz CT molecular complexity index is 1140. The van der Waals surface area contributed by atoms with Gasteiger partial charge in [0.05, 0.1) is 13.0 Å². The lowest BCUT2D eigenvalue weighted by atomic mass is 9.81. The molecule has 5 nitrogen and oxygen atoms in total. The number of methoxy groups -OCH3 is 1. The van der Waals surface area contributed by atoms with Gasteiger partial charge in [0.1, 0.15) is 23.1 Å². The zero-order chi connectivity index (χ0) is 19.8. The molecule has 0 radical (unpaired) electrons. The van der Waals surface area contributed by atoms with E-state index in [9.17, 15) is 5.26 Å². The Hall–Kier alpha value is -3.65. The minimum atomic E-state index is -0.305. The summed E-state index contributed by atoms with van der Waals surface area (Å²) in [5, 5.41) is 11.9. The summed E-state index contributed by atoms with van der Waals surface area (Å²) in [5.74, 6) is 1.31. The van der Waals surface area contributed by atoms with E-state index in [0.717, 1.165) is 33.3 Å². The van der Waals surface area contributed by atoms with E-state index in [1.54, 1.807) is 7.11 Å². The van der Waals surface area contributed by atoms with Crippen LogP contribution in [0, 0.1) is 11.3 Å². The average molecular weight is 371 g/mol. The molecule has 0 bridgehead atoms. The van der Waals surface area contributed by atoms with Gasteiger partial charge in [-0.3, -0.25) is 0 Å². The molecule has 3 aromatic rings. The Balaban J connectivity index is 2.00. The van der Waals surface area contributed by atoms with Crippen LogP contribution in [-0.2, 0) is 0 Å². The normalized spacial score (nSPS) is 15.6. The van der Waals surface area contributed by atoms with Crippen LogP contribution < -0.4 is 20.1 Å². The number of hydrogen-bond donors (Lipinski definition) is 1. The molecule has 0 saturated carbocycles. The topological polar surface area (TPSA) is 71.5 Å². The van der Waals surface area contributed by atoms with Gasteiger partial charge in [0, 0.05) is 36.8 Å². The van der Waals surface area contributed by atoms with Crippen molar-refractivity contribution in [2.75, 3.05) is 26.1 Å². The first-order valence-electron chi connectivity index (χ1n) is 8.99. The highest BCUT2D eigenvalue weighted by Gasteiger charge is 2.32. The fraction of sp³-hybridized carbons (Fsp3) is 0.174. The number of nitrogens with zero attached hydrogens (tertiary/aromatic N) is 2. The number of rotatable bonds is 3. The Morgan fingerprint density at radius 1 is 1.04 bits per heavy atom. The van der Waals surface area contributed by atoms with Crippen LogP contribution in [0.15, 0.2) is 66.1 Å². The first-order valence-corrected chi connectivity index (χ1v) is 8.99. The number of benzene rings is 3. The summed E-state index contributed by atoms with van der Waals surface area (Å²) in [7, 11) is 5.60. The van der Waals surface area contributed by atoms with E-state index in [4.69, 9.17) is 15.2 Å². The van der Waals surface area contributed by atoms with Crippen molar-refractivity contribution < 1.29 is 9.47 Å². The van der Waals surface area contributed by atoms with Crippen molar-refractivity contribution in [3.05, 3.63) is 77.2 Å². The Morgan fingerprint density at radius 2 is 1.75 bits per heavy atom. The Kier molecular flexibility index (Phi) is 4.32. The summed E-state index contributed by atoms with van der Waals surface area (Å²) in [6, 6.07) is 20.2. The van der Waals surface area contributed by atoms with Gasteiger partial charge in [0.15, 0.2) is 0 Å². The van der Waals surface area contributed by atoms with Crippen LogP contribution in [0.3, 0.4) is 0 Å². The van der Waals surface area contributed by atoms with Crippen molar-refractivity contribution in [2.24, 2.45) is 5.73 Å². The highest BCUT2D eigenvalue weighted by Crippen LogP contribution is 2.46. The average Bonchev–Trinajstić information content (AvgIpc) is 2.71. The molecule has 3 aromatic carbocycles. The van der Waals surface area contributed by atoms with Crippen molar-refractivity contribution in [3.63, 3.8) is 0 Å². The molecule has 1 atom stereocenters. The molecular weight excluding hydrogens is 350 g/mol. The summed E-state index contributed by atoms with van der Waals surface area (Å²) >= 11 is 0. The maximum absolute atomic E-state index is 9.83. The molecular formula is C23H21N3O2. The number of nitrogens with two attached hydrogens (primary N) is 1. The standard InChI is InChI=1S/C23H21N3O2/c1-26(2)14-8-9-18-21(12-14)28-23(25)19(13-24)22(18)17-10-11-20(27-3)16-7-5-4-6-15(16)17/h4-12,22H,25H2,1-3H3. The molecule has 1 unspecified atom stereocenters. The zero-order valence-electron chi connectivity index (χ0n) is 16.1. The monoisotopic (exact) mass is 371 g/mol. The lowest BCUT2D eigenvalue weighted by molar-refractivity contribution is 0.394. The van der Waals surface area contributed by atoms with Crippen LogP contribution >= 0.6 is 0 Å². The van der Waals surface area contributed by atoms with Crippen LogP contribution in [0.4, 0.5) is 5.69 Å². The molecule has 0 saturated heterocycles. The Labute approximate surface area is 164 Å². The summed E-state index contributed by atoms with van der Waals surface area (Å²) in [6.45, 7) is 0. The van der Waals surface area contributed by atoms with Gasteiger partial charge in [0.2, 0.25) is 5.88 Å². The fourth-order valence-electron chi connectivity index (χ4n) is 3.77. The van der Waals surface area contributed by atoms with Crippen molar-refractivity contribution in [1.29, 1.82) is 5.26 Å². The zero-order valence-corrected chi connectivity index (χ0v) is 16.1. The Morgan fingerprint density at radius 3 is 2.43 bits per heavy atom. The third kappa shape index (κ3) is 2.71. The molecule has 140 valence electrons. The molecule has 1 aliphatic heterocycles. The molecule has 2 N–H and O–H groups in total. The number of allylic oxidation sites excluding steroid dienone is 1. The van der Waals surface area contributed by atoms with Crippen molar-refractivity contribution in [2.45, 2.75) is 5.92 Å². The highest BCUT2D eigenvalue weighted by atomic mass is 16.5. The third-order valence-corrected chi connectivity index (χ3v) is 5.17. The van der Waals surface area contributed by atoms with Gasteiger partial charge in [-0.2, -0.15) is 5.26 Å². The maximum Gasteiger partial charge on any atom is 0.205 e. The molecule has 1 heterocycles. The van der Waals surface area contributed by atoms with Gasteiger partial charge in [-0.15, -0.1) is 0 Å². The van der Waals surface area contributed by atoms with Crippen LogP contribution in [0.25, 0.3) is 10.8 Å². The second kappa shape index (κ2) is 6.82. The van der Waals surface area contributed by atoms with E-state index < -0.39 is 0 Å². The predicted octanol–water partition coefficient (Wildman–Crippen LogP) is 4.13. The first kappa shape index (κ1) is 17.7. The summed E-state index contributed by atoms with van der Waals surface area (Å²) in [6.07, 6.45) is 0. The van der Waals surface area contributed by atoms with Gasteiger partial charge in [-0.25, -0.2) is 0 Å².